The Hall–Kier alpha value is -1.71. The second kappa shape index (κ2) is 7.91. The van der Waals surface area contributed by atoms with Crippen LogP contribution in [0.25, 0.3) is 0 Å². The molecule has 0 amide bonds. The Labute approximate surface area is 123 Å². The minimum atomic E-state index is -3.77. The smallest absolute Gasteiger partial charge is 0.273 e. The largest absolute Gasteiger partial charge is 0.495 e. The zero-order valence-corrected chi connectivity index (χ0v) is 12.8. The van der Waals surface area contributed by atoms with Crippen LogP contribution in [0, 0.1) is 10.1 Å². The van der Waals surface area contributed by atoms with Crippen LogP contribution in [0.3, 0.4) is 0 Å². The predicted molar refractivity (Wildman–Crippen MR) is 78.0 cm³/mol. The summed E-state index contributed by atoms with van der Waals surface area (Å²) in [6.45, 7) is 3.55. The van der Waals surface area contributed by atoms with Gasteiger partial charge in [0.25, 0.3) is 5.69 Å². The molecule has 0 heterocycles. The molecule has 0 atom stereocenters. The van der Waals surface area contributed by atoms with E-state index < -0.39 is 14.9 Å². The molecular weight excluding hydrogens is 298 g/mol. The van der Waals surface area contributed by atoms with E-state index in [9.17, 15) is 18.5 Å². The van der Waals surface area contributed by atoms with E-state index in [4.69, 9.17) is 4.74 Å². The average molecular weight is 317 g/mol. The van der Waals surface area contributed by atoms with E-state index in [-0.39, 0.29) is 22.9 Å². The Balaban J connectivity index is 2.85. The van der Waals surface area contributed by atoms with E-state index >= 15 is 0 Å². The summed E-state index contributed by atoms with van der Waals surface area (Å²) in [5.41, 5.74) is -0.226. The number of nitro benzene ring substituents is 1. The Morgan fingerprint density at radius 2 is 2.00 bits per heavy atom. The molecule has 0 fully saturated rings. The van der Waals surface area contributed by atoms with Crippen LogP contribution in [0.1, 0.15) is 13.3 Å². The van der Waals surface area contributed by atoms with Gasteiger partial charge in [0.05, 0.1) is 18.1 Å². The molecular formula is C12H19N3O5S. The van der Waals surface area contributed by atoms with Gasteiger partial charge in [-0.3, -0.25) is 10.1 Å². The SMILES string of the molecule is CCCNCCNS(=O)(=O)c1ccc([N+](=O)[O-])cc1OC. The summed E-state index contributed by atoms with van der Waals surface area (Å²) < 4.78 is 31.6. The van der Waals surface area contributed by atoms with Crippen LogP contribution in [0.4, 0.5) is 5.69 Å². The van der Waals surface area contributed by atoms with Crippen LogP contribution in [-0.4, -0.2) is 40.1 Å². The Morgan fingerprint density at radius 3 is 2.57 bits per heavy atom. The van der Waals surface area contributed by atoms with Crippen molar-refractivity contribution in [3.63, 3.8) is 0 Å². The lowest BCUT2D eigenvalue weighted by molar-refractivity contribution is -0.385. The molecule has 0 saturated heterocycles. The molecule has 0 aliphatic rings. The molecule has 0 bridgehead atoms. The van der Waals surface area contributed by atoms with Gasteiger partial charge in [0.2, 0.25) is 10.0 Å². The molecule has 0 spiro atoms. The van der Waals surface area contributed by atoms with Crippen molar-refractivity contribution in [1.29, 1.82) is 0 Å². The van der Waals surface area contributed by atoms with E-state index in [1.807, 2.05) is 6.92 Å². The standard InChI is InChI=1S/C12H19N3O5S/c1-3-6-13-7-8-14-21(18,19)12-5-4-10(15(16)17)9-11(12)20-2/h4-5,9,13-14H,3,6-8H2,1-2H3. The summed E-state index contributed by atoms with van der Waals surface area (Å²) in [7, 11) is -2.51. The molecule has 21 heavy (non-hydrogen) atoms. The highest BCUT2D eigenvalue weighted by molar-refractivity contribution is 7.89. The average Bonchev–Trinajstić information content (AvgIpc) is 2.46. The van der Waals surface area contributed by atoms with Gasteiger partial charge >= 0.3 is 0 Å². The third kappa shape index (κ3) is 4.96. The molecule has 0 aliphatic carbocycles. The zero-order chi connectivity index (χ0) is 15.9. The number of hydrogen-bond donors (Lipinski definition) is 2. The third-order valence-corrected chi connectivity index (χ3v) is 4.17. The van der Waals surface area contributed by atoms with Crippen molar-refractivity contribution in [2.24, 2.45) is 0 Å². The fourth-order valence-electron chi connectivity index (χ4n) is 1.65. The molecule has 1 aromatic carbocycles. The Bertz CT molecular complexity index is 589. The van der Waals surface area contributed by atoms with E-state index in [0.717, 1.165) is 25.1 Å². The third-order valence-electron chi connectivity index (χ3n) is 2.67. The summed E-state index contributed by atoms with van der Waals surface area (Å²) in [6.07, 6.45) is 0.961. The highest BCUT2D eigenvalue weighted by atomic mass is 32.2. The molecule has 1 aromatic rings. The van der Waals surface area contributed by atoms with Crippen LogP contribution in [0.5, 0.6) is 5.75 Å². The summed E-state index contributed by atoms with van der Waals surface area (Å²) >= 11 is 0. The topological polar surface area (TPSA) is 111 Å². The van der Waals surface area contributed by atoms with Gasteiger partial charge < -0.3 is 10.1 Å². The zero-order valence-electron chi connectivity index (χ0n) is 12.0. The lowest BCUT2D eigenvalue weighted by Gasteiger charge is -2.10. The number of hydrogen-bond acceptors (Lipinski definition) is 6. The number of nitrogens with zero attached hydrogens (tertiary/aromatic N) is 1. The van der Waals surface area contributed by atoms with Gasteiger partial charge in [0.15, 0.2) is 0 Å². The maximum absolute atomic E-state index is 12.1. The molecule has 0 unspecified atom stereocenters. The van der Waals surface area contributed by atoms with Gasteiger partial charge in [0, 0.05) is 19.2 Å². The minimum Gasteiger partial charge on any atom is -0.495 e. The van der Waals surface area contributed by atoms with E-state index in [2.05, 4.69) is 10.0 Å². The number of methoxy groups -OCH3 is 1. The number of non-ortho nitro benzene ring substituents is 1. The number of nitro groups is 1. The van der Waals surface area contributed by atoms with Crippen molar-refractivity contribution in [1.82, 2.24) is 10.0 Å². The molecule has 8 nitrogen and oxygen atoms in total. The lowest BCUT2D eigenvalue weighted by Crippen LogP contribution is -2.32. The Kier molecular flexibility index (Phi) is 6.53. The maximum Gasteiger partial charge on any atom is 0.273 e. The highest BCUT2D eigenvalue weighted by Crippen LogP contribution is 2.27. The monoisotopic (exact) mass is 317 g/mol. The van der Waals surface area contributed by atoms with Gasteiger partial charge in [-0.2, -0.15) is 0 Å². The van der Waals surface area contributed by atoms with Gasteiger partial charge in [-0.25, -0.2) is 13.1 Å². The molecule has 9 heteroatoms. The van der Waals surface area contributed by atoms with Gasteiger partial charge in [0.1, 0.15) is 10.6 Å². The highest BCUT2D eigenvalue weighted by Gasteiger charge is 2.21. The second-order valence-corrected chi connectivity index (χ2v) is 5.98. The molecule has 118 valence electrons. The second-order valence-electron chi connectivity index (χ2n) is 4.24. The van der Waals surface area contributed by atoms with E-state index in [1.165, 1.54) is 13.2 Å². The molecule has 1 rings (SSSR count). The molecule has 2 N–H and O–H groups in total. The lowest BCUT2D eigenvalue weighted by atomic mass is 10.3. The molecule has 0 aromatic heterocycles. The van der Waals surface area contributed by atoms with E-state index in [0.29, 0.717) is 6.54 Å². The first-order valence-electron chi connectivity index (χ1n) is 6.45. The van der Waals surface area contributed by atoms with Gasteiger partial charge in [-0.05, 0) is 19.0 Å². The van der Waals surface area contributed by atoms with Crippen LogP contribution >= 0.6 is 0 Å². The fraction of sp³-hybridized carbons (Fsp3) is 0.500. The number of ether oxygens (including phenoxy) is 1. The number of rotatable bonds is 9. The van der Waals surface area contributed by atoms with Crippen LogP contribution in [0.2, 0.25) is 0 Å². The fourth-order valence-corrected chi connectivity index (χ4v) is 2.83. The molecule has 0 radical (unpaired) electrons. The maximum atomic E-state index is 12.1. The first-order chi connectivity index (χ1) is 9.92. The van der Waals surface area contributed by atoms with Gasteiger partial charge in [-0.1, -0.05) is 6.92 Å². The minimum absolute atomic E-state index is 0.0572. The number of sulfonamides is 1. The van der Waals surface area contributed by atoms with Crippen molar-refractivity contribution < 1.29 is 18.1 Å². The van der Waals surface area contributed by atoms with Gasteiger partial charge in [-0.15, -0.1) is 0 Å². The van der Waals surface area contributed by atoms with Crippen LogP contribution in [-0.2, 0) is 10.0 Å². The quantitative estimate of drug-likeness (QED) is 0.397. The predicted octanol–water partition coefficient (Wildman–Crippen LogP) is 0.881. The molecule has 0 aliphatic heterocycles. The normalized spacial score (nSPS) is 11.3. The number of nitrogens with one attached hydrogen (secondary N) is 2. The summed E-state index contributed by atoms with van der Waals surface area (Å²) in [4.78, 5) is 9.95. The van der Waals surface area contributed by atoms with E-state index in [1.54, 1.807) is 0 Å². The van der Waals surface area contributed by atoms with Crippen molar-refractivity contribution in [3.8, 4) is 5.75 Å². The van der Waals surface area contributed by atoms with Crippen molar-refractivity contribution in [3.05, 3.63) is 28.3 Å². The van der Waals surface area contributed by atoms with Crippen LogP contribution in [0.15, 0.2) is 23.1 Å². The Morgan fingerprint density at radius 1 is 1.29 bits per heavy atom. The van der Waals surface area contributed by atoms with Crippen molar-refractivity contribution >= 4 is 15.7 Å². The van der Waals surface area contributed by atoms with Crippen molar-refractivity contribution in [2.45, 2.75) is 18.2 Å². The summed E-state index contributed by atoms with van der Waals surface area (Å²) in [5, 5.41) is 13.7. The summed E-state index contributed by atoms with van der Waals surface area (Å²) in [6, 6.07) is 3.38. The molecule has 0 saturated carbocycles. The van der Waals surface area contributed by atoms with Crippen molar-refractivity contribution in [2.75, 3.05) is 26.7 Å². The first kappa shape index (κ1) is 17.3. The number of benzene rings is 1. The summed E-state index contributed by atoms with van der Waals surface area (Å²) in [5.74, 6) is -0.0572. The van der Waals surface area contributed by atoms with Crippen LogP contribution < -0.4 is 14.8 Å². The first-order valence-corrected chi connectivity index (χ1v) is 7.93.